The minimum Gasteiger partial charge on any atom is -0.352 e. The molecule has 2 heterocycles. The first-order valence-corrected chi connectivity index (χ1v) is 7.50. The van der Waals surface area contributed by atoms with E-state index in [1.165, 1.54) is 0 Å². The molecule has 1 atom stereocenters. The molecule has 1 amide bonds. The molecule has 0 saturated carbocycles. The van der Waals surface area contributed by atoms with Crippen LogP contribution in [0, 0.1) is 0 Å². The second kappa shape index (κ2) is 6.25. The first kappa shape index (κ1) is 14.8. The van der Waals surface area contributed by atoms with E-state index in [1.807, 2.05) is 11.1 Å². The smallest absolute Gasteiger partial charge is 0.210 e. The maximum absolute atomic E-state index is 11.0. The molecule has 0 aliphatic carbocycles. The molecule has 0 aromatic carbocycles. The summed E-state index contributed by atoms with van der Waals surface area (Å²) < 4.78 is 0. The Bertz CT molecular complexity index is 434. The fourth-order valence-corrected chi connectivity index (χ4v) is 3.15. The molecule has 0 unspecified atom stereocenters. The van der Waals surface area contributed by atoms with Gasteiger partial charge in [-0.1, -0.05) is 6.07 Å². The number of rotatable bonds is 5. The van der Waals surface area contributed by atoms with E-state index >= 15 is 0 Å². The van der Waals surface area contributed by atoms with E-state index in [2.05, 4.69) is 49.7 Å². The van der Waals surface area contributed by atoms with Crippen LogP contribution < -0.4 is 4.90 Å². The lowest BCUT2D eigenvalue weighted by molar-refractivity contribution is -0.118. The zero-order valence-corrected chi connectivity index (χ0v) is 12.9. The molecule has 2 rings (SSSR count). The van der Waals surface area contributed by atoms with E-state index in [1.54, 1.807) is 0 Å². The van der Waals surface area contributed by atoms with Gasteiger partial charge in [-0.3, -0.25) is 4.79 Å². The van der Waals surface area contributed by atoms with Crippen LogP contribution in [0.3, 0.4) is 0 Å². The molecule has 1 saturated heterocycles. The van der Waals surface area contributed by atoms with Crippen LogP contribution in [0.1, 0.15) is 52.1 Å². The number of nitrogens with zero attached hydrogens (tertiary/aromatic N) is 3. The average Bonchev–Trinajstić information content (AvgIpc) is 2.87. The van der Waals surface area contributed by atoms with E-state index in [9.17, 15) is 4.79 Å². The third kappa shape index (κ3) is 2.94. The van der Waals surface area contributed by atoms with Crippen LogP contribution in [-0.4, -0.2) is 34.9 Å². The van der Waals surface area contributed by atoms with Gasteiger partial charge in [0.1, 0.15) is 5.82 Å². The Hall–Kier alpha value is -1.58. The van der Waals surface area contributed by atoms with Crippen molar-refractivity contribution in [3.63, 3.8) is 0 Å². The number of anilines is 1. The number of hydrogen-bond acceptors (Lipinski definition) is 3. The summed E-state index contributed by atoms with van der Waals surface area (Å²) in [6.45, 7) is 9.59. The molecule has 20 heavy (non-hydrogen) atoms. The second-order valence-corrected chi connectivity index (χ2v) is 6.05. The normalized spacial score (nSPS) is 18.9. The molecular formula is C16H25N3O. The predicted molar refractivity (Wildman–Crippen MR) is 81.7 cm³/mol. The summed E-state index contributed by atoms with van der Waals surface area (Å²) in [6.07, 6.45) is 5.01. The van der Waals surface area contributed by atoms with E-state index in [-0.39, 0.29) is 6.04 Å². The van der Waals surface area contributed by atoms with Crippen molar-refractivity contribution in [1.82, 2.24) is 9.88 Å². The van der Waals surface area contributed by atoms with Crippen molar-refractivity contribution < 1.29 is 4.79 Å². The predicted octanol–water partition coefficient (Wildman–Crippen LogP) is 3.00. The minimum absolute atomic E-state index is 0.209. The highest BCUT2D eigenvalue weighted by Crippen LogP contribution is 2.31. The molecule has 0 bridgehead atoms. The van der Waals surface area contributed by atoms with Crippen LogP contribution in [-0.2, 0) is 4.79 Å². The SMILES string of the molecule is CC(C)N(c1ccc([C@H]2CCCN2C=O)cn1)C(C)C. The van der Waals surface area contributed by atoms with Crippen molar-refractivity contribution in [3.05, 3.63) is 23.9 Å². The van der Waals surface area contributed by atoms with E-state index in [0.29, 0.717) is 12.1 Å². The van der Waals surface area contributed by atoms with Gasteiger partial charge in [0.05, 0.1) is 6.04 Å². The number of amides is 1. The fourth-order valence-electron chi connectivity index (χ4n) is 3.15. The van der Waals surface area contributed by atoms with Gasteiger partial charge in [-0.25, -0.2) is 4.98 Å². The highest BCUT2D eigenvalue weighted by Gasteiger charge is 2.25. The number of likely N-dealkylation sites (tertiary alicyclic amines) is 1. The Balaban J connectivity index is 2.19. The molecule has 0 N–H and O–H groups in total. The van der Waals surface area contributed by atoms with Gasteiger partial charge in [0.25, 0.3) is 0 Å². The van der Waals surface area contributed by atoms with Gasteiger partial charge < -0.3 is 9.80 Å². The van der Waals surface area contributed by atoms with Crippen LogP contribution in [0.2, 0.25) is 0 Å². The van der Waals surface area contributed by atoms with Crippen molar-refractivity contribution in [2.24, 2.45) is 0 Å². The van der Waals surface area contributed by atoms with Crippen LogP contribution in [0.25, 0.3) is 0 Å². The molecule has 1 aromatic rings. The van der Waals surface area contributed by atoms with Gasteiger partial charge in [0.15, 0.2) is 0 Å². The quantitative estimate of drug-likeness (QED) is 0.775. The first-order valence-electron chi connectivity index (χ1n) is 7.50. The Morgan fingerprint density at radius 3 is 2.50 bits per heavy atom. The Morgan fingerprint density at radius 1 is 1.30 bits per heavy atom. The molecule has 0 radical (unpaired) electrons. The van der Waals surface area contributed by atoms with E-state index in [0.717, 1.165) is 37.2 Å². The number of aromatic nitrogens is 1. The lowest BCUT2D eigenvalue weighted by atomic mass is 10.1. The third-order valence-corrected chi connectivity index (χ3v) is 3.96. The molecule has 4 nitrogen and oxygen atoms in total. The lowest BCUT2D eigenvalue weighted by Gasteiger charge is -2.32. The zero-order chi connectivity index (χ0) is 14.7. The molecule has 1 fully saturated rings. The minimum atomic E-state index is 0.209. The summed E-state index contributed by atoms with van der Waals surface area (Å²) in [7, 11) is 0. The number of carbonyl (C=O) groups excluding carboxylic acids is 1. The third-order valence-electron chi connectivity index (χ3n) is 3.96. The van der Waals surface area contributed by atoms with Crippen molar-refractivity contribution in [3.8, 4) is 0 Å². The van der Waals surface area contributed by atoms with E-state index < -0.39 is 0 Å². The van der Waals surface area contributed by atoms with Crippen molar-refractivity contribution in [1.29, 1.82) is 0 Å². The van der Waals surface area contributed by atoms with Crippen LogP contribution in [0.4, 0.5) is 5.82 Å². The standard InChI is InChI=1S/C16H25N3O/c1-12(2)19(13(3)4)16-8-7-14(10-17-16)15-6-5-9-18(15)11-20/h7-8,10-13,15H,5-6,9H2,1-4H3/t15-/m1/s1. The summed E-state index contributed by atoms with van der Waals surface area (Å²) >= 11 is 0. The van der Waals surface area contributed by atoms with Gasteiger partial charge in [0, 0.05) is 24.8 Å². The largest absolute Gasteiger partial charge is 0.352 e. The zero-order valence-electron chi connectivity index (χ0n) is 12.9. The van der Waals surface area contributed by atoms with Crippen LogP contribution in [0.15, 0.2) is 18.3 Å². The summed E-state index contributed by atoms with van der Waals surface area (Å²) in [4.78, 5) is 19.8. The lowest BCUT2D eigenvalue weighted by Crippen LogP contribution is -2.37. The highest BCUT2D eigenvalue weighted by molar-refractivity contribution is 5.50. The maximum atomic E-state index is 11.0. The molecule has 4 heteroatoms. The van der Waals surface area contributed by atoms with Gasteiger partial charge in [-0.05, 0) is 52.2 Å². The second-order valence-electron chi connectivity index (χ2n) is 6.05. The van der Waals surface area contributed by atoms with Gasteiger partial charge in [-0.2, -0.15) is 0 Å². The molecule has 1 aliphatic rings. The maximum Gasteiger partial charge on any atom is 0.210 e. The number of pyridine rings is 1. The fraction of sp³-hybridized carbons (Fsp3) is 0.625. The topological polar surface area (TPSA) is 36.4 Å². The Labute approximate surface area is 121 Å². The summed E-state index contributed by atoms with van der Waals surface area (Å²) in [5.41, 5.74) is 1.14. The summed E-state index contributed by atoms with van der Waals surface area (Å²) in [5, 5.41) is 0. The van der Waals surface area contributed by atoms with Crippen LogP contribution in [0.5, 0.6) is 0 Å². The van der Waals surface area contributed by atoms with Gasteiger partial charge in [-0.15, -0.1) is 0 Å². The van der Waals surface area contributed by atoms with E-state index in [4.69, 9.17) is 0 Å². The average molecular weight is 275 g/mol. The summed E-state index contributed by atoms with van der Waals surface area (Å²) in [5.74, 6) is 1.01. The summed E-state index contributed by atoms with van der Waals surface area (Å²) in [6, 6.07) is 5.25. The monoisotopic (exact) mass is 275 g/mol. The Morgan fingerprint density at radius 2 is 2.00 bits per heavy atom. The number of hydrogen-bond donors (Lipinski definition) is 0. The van der Waals surface area contributed by atoms with Gasteiger partial charge in [0.2, 0.25) is 6.41 Å². The Kier molecular flexibility index (Phi) is 4.63. The van der Waals surface area contributed by atoms with Crippen molar-refractivity contribution in [2.75, 3.05) is 11.4 Å². The highest BCUT2D eigenvalue weighted by atomic mass is 16.1. The molecule has 1 aromatic heterocycles. The number of carbonyl (C=O) groups is 1. The molecule has 1 aliphatic heterocycles. The molecule has 0 spiro atoms. The molecule has 110 valence electrons. The van der Waals surface area contributed by atoms with Crippen molar-refractivity contribution in [2.45, 2.75) is 58.7 Å². The first-order chi connectivity index (χ1) is 9.54. The molecular weight excluding hydrogens is 250 g/mol. The van der Waals surface area contributed by atoms with Crippen molar-refractivity contribution >= 4 is 12.2 Å². The van der Waals surface area contributed by atoms with Crippen LogP contribution >= 0.6 is 0 Å². The van der Waals surface area contributed by atoms with Gasteiger partial charge >= 0.3 is 0 Å².